The van der Waals surface area contributed by atoms with Gasteiger partial charge >= 0.3 is 0 Å². The first-order chi connectivity index (χ1) is 9.84. The number of methoxy groups -OCH3 is 1. The fourth-order valence-corrected chi connectivity index (χ4v) is 2.52. The Hall–Kier alpha value is -0.860. The van der Waals surface area contributed by atoms with Gasteiger partial charge in [0.1, 0.15) is 0 Å². The van der Waals surface area contributed by atoms with Gasteiger partial charge in [-0.3, -0.25) is 4.79 Å². The molecule has 0 aromatic heterocycles. The summed E-state index contributed by atoms with van der Waals surface area (Å²) < 4.78 is 32.5. The second-order valence-electron chi connectivity index (χ2n) is 3.97. The summed E-state index contributed by atoms with van der Waals surface area (Å²) in [5.74, 6) is -0.464. The van der Waals surface area contributed by atoms with Crippen molar-refractivity contribution in [3.8, 4) is 0 Å². The van der Waals surface area contributed by atoms with E-state index in [1.807, 2.05) is 0 Å². The molecule has 0 unspecified atom stereocenters. The fraction of sp³-hybridized carbons (Fsp3) is 0.417. The summed E-state index contributed by atoms with van der Waals surface area (Å²) in [6.45, 7) is 1.49. The number of rotatable bonds is 8. The molecule has 118 valence electrons. The van der Waals surface area contributed by atoms with Crippen LogP contribution in [0.25, 0.3) is 0 Å². The molecule has 1 aromatic carbocycles. The molecule has 0 radical (unpaired) electrons. The molecule has 1 amide bonds. The number of benzene rings is 1. The topological polar surface area (TPSA) is 81.7 Å². The average Bonchev–Trinajstić information content (AvgIpc) is 2.40. The van der Waals surface area contributed by atoms with E-state index in [9.17, 15) is 13.2 Å². The van der Waals surface area contributed by atoms with Crippen LogP contribution < -0.4 is 5.32 Å². The summed E-state index contributed by atoms with van der Waals surface area (Å²) in [6.07, 6.45) is 0. The van der Waals surface area contributed by atoms with E-state index in [-0.39, 0.29) is 22.0 Å². The molecule has 21 heavy (non-hydrogen) atoms. The third-order valence-corrected chi connectivity index (χ3v) is 3.93. The minimum atomic E-state index is -3.95. The summed E-state index contributed by atoms with van der Waals surface area (Å²) in [4.78, 5) is 11.7. The average molecular weight is 356 g/mol. The van der Waals surface area contributed by atoms with E-state index < -0.39 is 15.0 Å². The van der Waals surface area contributed by atoms with E-state index in [1.54, 1.807) is 7.11 Å². The Morgan fingerprint density at radius 1 is 1.24 bits per heavy atom. The molecule has 0 spiro atoms. The molecule has 0 aliphatic carbocycles. The Labute approximate surface area is 132 Å². The quantitative estimate of drug-likeness (QED) is 0.566. The molecule has 0 aliphatic heterocycles. The second-order valence-corrected chi connectivity index (χ2v) is 6.98. The molecule has 6 nitrogen and oxygen atoms in total. The molecule has 0 fully saturated rings. The normalized spacial score (nSPS) is 11.4. The van der Waals surface area contributed by atoms with Crippen LogP contribution in [0.1, 0.15) is 10.4 Å². The van der Waals surface area contributed by atoms with Gasteiger partial charge in [-0.05, 0) is 18.2 Å². The molecule has 0 saturated carbocycles. The maximum Gasteiger partial charge on any atom is 0.261 e. The van der Waals surface area contributed by atoms with Crippen molar-refractivity contribution in [1.29, 1.82) is 0 Å². The first-order valence-corrected chi connectivity index (χ1v) is 8.63. The zero-order chi connectivity index (χ0) is 15.9. The van der Waals surface area contributed by atoms with Crippen molar-refractivity contribution in [2.24, 2.45) is 0 Å². The number of hydrogen-bond donors (Lipinski definition) is 1. The van der Waals surface area contributed by atoms with Crippen LogP contribution in [0, 0.1) is 0 Å². The van der Waals surface area contributed by atoms with Gasteiger partial charge in [0.05, 0.1) is 24.7 Å². The number of amides is 1. The van der Waals surface area contributed by atoms with Crippen molar-refractivity contribution in [3.63, 3.8) is 0 Å². The lowest BCUT2D eigenvalue weighted by Gasteiger charge is -2.07. The first-order valence-electron chi connectivity index (χ1n) is 5.94. The van der Waals surface area contributed by atoms with Crippen LogP contribution in [-0.4, -0.2) is 47.8 Å². The predicted octanol–water partition coefficient (Wildman–Crippen LogP) is 1.66. The minimum Gasteiger partial charge on any atom is -0.382 e. The lowest BCUT2D eigenvalue weighted by atomic mass is 10.2. The van der Waals surface area contributed by atoms with E-state index in [4.69, 9.17) is 31.8 Å². The summed E-state index contributed by atoms with van der Waals surface area (Å²) in [6, 6.07) is 3.69. The molecule has 1 N–H and O–H groups in total. The van der Waals surface area contributed by atoms with Crippen LogP contribution in [0.15, 0.2) is 23.1 Å². The second kappa shape index (κ2) is 8.55. The number of carbonyl (C=O) groups excluding carboxylic acids is 1. The SMILES string of the molecule is COCCOCCNC(=O)c1cc(Cl)cc(S(=O)(=O)Cl)c1. The van der Waals surface area contributed by atoms with E-state index >= 15 is 0 Å². The molecule has 9 heteroatoms. The molecule has 1 aromatic rings. The Morgan fingerprint density at radius 3 is 2.57 bits per heavy atom. The number of hydrogen-bond acceptors (Lipinski definition) is 5. The third-order valence-electron chi connectivity index (χ3n) is 2.38. The van der Waals surface area contributed by atoms with Crippen LogP contribution in [0.5, 0.6) is 0 Å². The van der Waals surface area contributed by atoms with Crippen LogP contribution in [0.4, 0.5) is 0 Å². The monoisotopic (exact) mass is 355 g/mol. The molecular formula is C12H15Cl2NO5S. The van der Waals surface area contributed by atoms with E-state index in [1.165, 1.54) is 12.1 Å². The van der Waals surface area contributed by atoms with Gasteiger partial charge in [0, 0.05) is 34.9 Å². The maximum atomic E-state index is 11.9. The van der Waals surface area contributed by atoms with Gasteiger partial charge in [0.2, 0.25) is 0 Å². The van der Waals surface area contributed by atoms with Crippen molar-refractivity contribution in [1.82, 2.24) is 5.32 Å². The largest absolute Gasteiger partial charge is 0.382 e. The zero-order valence-corrected chi connectivity index (χ0v) is 13.6. The van der Waals surface area contributed by atoms with Gasteiger partial charge in [-0.25, -0.2) is 8.42 Å². The summed E-state index contributed by atoms with van der Waals surface area (Å²) >= 11 is 5.78. The van der Waals surface area contributed by atoms with Crippen molar-refractivity contribution in [2.45, 2.75) is 4.90 Å². The Balaban J connectivity index is 2.60. The Bertz CT molecular complexity index is 591. The van der Waals surface area contributed by atoms with Gasteiger partial charge in [-0.1, -0.05) is 11.6 Å². The number of carbonyl (C=O) groups is 1. The standard InChI is InChI=1S/C12H15Cl2NO5S/c1-19-4-5-20-3-2-15-12(16)9-6-10(13)8-11(7-9)21(14,17)18/h6-8H,2-5H2,1H3,(H,15,16). The smallest absolute Gasteiger partial charge is 0.261 e. The van der Waals surface area contributed by atoms with Crippen molar-refractivity contribution in [3.05, 3.63) is 28.8 Å². The van der Waals surface area contributed by atoms with Gasteiger partial charge < -0.3 is 14.8 Å². The lowest BCUT2D eigenvalue weighted by Crippen LogP contribution is -2.27. The highest BCUT2D eigenvalue weighted by Crippen LogP contribution is 2.21. The first kappa shape index (κ1) is 18.2. The van der Waals surface area contributed by atoms with Gasteiger partial charge in [0.25, 0.3) is 15.0 Å². The summed E-state index contributed by atoms with van der Waals surface area (Å²) in [5.41, 5.74) is 0.110. The minimum absolute atomic E-state index is 0.109. The van der Waals surface area contributed by atoms with E-state index in [0.717, 1.165) is 6.07 Å². The maximum absolute atomic E-state index is 11.9. The molecule has 0 atom stereocenters. The Morgan fingerprint density at radius 2 is 1.95 bits per heavy atom. The fourth-order valence-electron chi connectivity index (χ4n) is 1.42. The molecule has 0 bridgehead atoms. The zero-order valence-electron chi connectivity index (χ0n) is 11.3. The molecular weight excluding hydrogens is 341 g/mol. The molecule has 0 heterocycles. The van der Waals surface area contributed by atoms with Crippen LogP contribution in [-0.2, 0) is 18.5 Å². The van der Waals surface area contributed by atoms with Crippen LogP contribution >= 0.6 is 22.3 Å². The van der Waals surface area contributed by atoms with Crippen molar-refractivity contribution in [2.75, 3.05) is 33.5 Å². The predicted molar refractivity (Wildman–Crippen MR) is 79.5 cm³/mol. The third kappa shape index (κ3) is 6.62. The van der Waals surface area contributed by atoms with Crippen LogP contribution in [0.3, 0.4) is 0 Å². The van der Waals surface area contributed by atoms with Crippen molar-refractivity contribution < 1.29 is 22.7 Å². The highest BCUT2D eigenvalue weighted by atomic mass is 35.7. The number of halogens is 2. The highest BCUT2D eigenvalue weighted by Gasteiger charge is 2.15. The summed E-state index contributed by atoms with van der Waals surface area (Å²) in [5, 5.41) is 2.69. The molecule has 1 rings (SSSR count). The van der Waals surface area contributed by atoms with E-state index in [2.05, 4.69) is 5.32 Å². The van der Waals surface area contributed by atoms with Gasteiger partial charge in [0.15, 0.2) is 0 Å². The lowest BCUT2D eigenvalue weighted by molar-refractivity contribution is 0.0692. The molecule has 0 aliphatic rings. The summed E-state index contributed by atoms with van der Waals surface area (Å²) in [7, 11) is 2.85. The Kier molecular flexibility index (Phi) is 7.41. The van der Waals surface area contributed by atoms with Gasteiger partial charge in [-0.2, -0.15) is 0 Å². The van der Waals surface area contributed by atoms with Crippen molar-refractivity contribution >= 4 is 37.2 Å². The van der Waals surface area contributed by atoms with E-state index in [0.29, 0.717) is 19.8 Å². The molecule has 0 saturated heterocycles. The number of ether oxygens (including phenoxy) is 2. The highest BCUT2D eigenvalue weighted by molar-refractivity contribution is 8.13. The number of nitrogens with one attached hydrogen (secondary N) is 1. The van der Waals surface area contributed by atoms with Gasteiger partial charge in [-0.15, -0.1) is 0 Å². The van der Waals surface area contributed by atoms with Crippen LogP contribution in [0.2, 0.25) is 5.02 Å².